The average molecular weight is 208 g/mol. The largest absolute Gasteiger partial charge is 0.157 e. The molecule has 54 valence electrons. The zero-order chi connectivity index (χ0) is 7.28. The van der Waals surface area contributed by atoms with Gasteiger partial charge in [-0.05, 0) is 6.42 Å². The van der Waals surface area contributed by atoms with Crippen LogP contribution in [0.1, 0.15) is 13.3 Å². The maximum absolute atomic E-state index is 5.70. The lowest BCUT2D eigenvalue weighted by atomic mass is 10.3. The van der Waals surface area contributed by atoms with Crippen LogP contribution in [0.15, 0.2) is 0 Å². The van der Waals surface area contributed by atoms with Gasteiger partial charge in [0, 0.05) is 5.92 Å². The van der Waals surface area contributed by atoms with Gasteiger partial charge in [0.1, 0.15) is 0 Å². The van der Waals surface area contributed by atoms with Gasteiger partial charge < -0.3 is 0 Å². The lowest BCUT2D eigenvalue weighted by molar-refractivity contribution is 0.779. The van der Waals surface area contributed by atoms with E-state index in [-0.39, 0.29) is 5.92 Å². The standard InChI is InChI=1S/C5H6Cl4/c1-2-3-4(6,7)5(3,8)9/h3H,2H2,1H3. The van der Waals surface area contributed by atoms with Crippen molar-refractivity contribution in [2.75, 3.05) is 0 Å². The van der Waals surface area contributed by atoms with E-state index >= 15 is 0 Å². The molecule has 0 radical (unpaired) electrons. The van der Waals surface area contributed by atoms with Crippen molar-refractivity contribution in [2.45, 2.75) is 22.0 Å². The molecule has 1 aliphatic rings. The summed E-state index contributed by atoms with van der Waals surface area (Å²) >= 11 is 22.8. The summed E-state index contributed by atoms with van der Waals surface area (Å²) in [5.41, 5.74) is 0. The minimum atomic E-state index is -0.912. The summed E-state index contributed by atoms with van der Waals surface area (Å²) in [6.45, 7) is 1.96. The molecule has 0 unspecified atom stereocenters. The minimum absolute atomic E-state index is 0.0247. The van der Waals surface area contributed by atoms with E-state index in [1.54, 1.807) is 0 Å². The Hall–Kier alpha value is 1.16. The van der Waals surface area contributed by atoms with Gasteiger partial charge in [0.2, 0.25) is 0 Å². The van der Waals surface area contributed by atoms with Gasteiger partial charge in [0.15, 0.2) is 8.67 Å². The number of rotatable bonds is 1. The molecule has 0 aromatic carbocycles. The van der Waals surface area contributed by atoms with Gasteiger partial charge in [0.25, 0.3) is 0 Å². The van der Waals surface area contributed by atoms with E-state index in [0.29, 0.717) is 0 Å². The van der Waals surface area contributed by atoms with Crippen molar-refractivity contribution in [1.82, 2.24) is 0 Å². The van der Waals surface area contributed by atoms with Crippen molar-refractivity contribution in [3.05, 3.63) is 0 Å². The number of halogens is 4. The molecule has 0 nitrogen and oxygen atoms in total. The second kappa shape index (κ2) is 2.07. The topological polar surface area (TPSA) is 0 Å². The van der Waals surface area contributed by atoms with Crippen molar-refractivity contribution in [3.63, 3.8) is 0 Å². The molecule has 0 N–H and O–H groups in total. The van der Waals surface area contributed by atoms with E-state index in [4.69, 9.17) is 46.4 Å². The fraction of sp³-hybridized carbons (Fsp3) is 1.00. The Kier molecular flexibility index (Phi) is 1.90. The van der Waals surface area contributed by atoms with Gasteiger partial charge in [-0.2, -0.15) is 0 Å². The quantitative estimate of drug-likeness (QED) is 0.579. The predicted molar refractivity (Wildman–Crippen MR) is 42.7 cm³/mol. The second-order valence-corrected chi connectivity index (χ2v) is 4.98. The van der Waals surface area contributed by atoms with E-state index in [1.807, 2.05) is 6.92 Å². The Bertz CT molecular complexity index is 115. The van der Waals surface area contributed by atoms with Crippen LogP contribution >= 0.6 is 46.4 Å². The summed E-state index contributed by atoms with van der Waals surface area (Å²) in [6, 6.07) is 0. The van der Waals surface area contributed by atoms with Crippen LogP contribution in [0.25, 0.3) is 0 Å². The number of hydrogen-bond acceptors (Lipinski definition) is 0. The molecule has 1 fully saturated rings. The molecular weight excluding hydrogens is 202 g/mol. The third kappa shape index (κ3) is 0.956. The first kappa shape index (κ1) is 8.26. The highest BCUT2D eigenvalue weighted by atomic mass is 35.5. The smallest absolute Gasteiger partial charge is 0.0978 e. The summed E-state index contributed by atoms with van der Waals surface area (Å²) in [4.78, 5) is 0. The zero-order valence-electron chi connectivity index (χ0n) is 4.80. The number of alkyl halides is 4. The highest BCUT2D eigenvalue weighted by Gasteiger charge is 2.74. The minimum Gasteiger partial charge on any atom is -0.0978 e. The van der Waals surface area contributed by atoms with Crippen LogP contribution in [0, 0.1) is 5.92 Å². The second-order valence-electron chi connectivity index (χ2n) is 2.21. The monoisotopic (exact) mass is 206 g/mol. The fourth-order valence-electron chi connectivity index (χ4n) is 0.918. The van der Waals surface area contributed by atoms with Crippen molar-refractivity contribution in [1.29, 1.82) is 0 Å². The molecule has 0 aliphatic heterocycles. The average Bonchev–Trinajstić information content (AvgIpc) is 2.00. The van der Waals surface area contributed by atoms with Crippen LogP contribution in [0.4, 0.5) is 0 Å². The highest BCUT2D eigenvalue weighted by molar-refractivity contribution is 6.68. The third-order valence-corrected chi connectivity index (χ3v) is 4.28. The summed E-state index contributed by atoms with van der Waals surface area (Å²) < 4.78 is -1.82. The van der Waals surface area contributed by atoms with Gasteiger partial charge >= 0.3 is 0 Å². The Morgan fingerprint density at radius 1 is 1.11 bits per heavy atom. The van der Waals surface area contributed by atoms with Crippen LogP contribution in [-0.2, 0) is 0 Å². The summed E-state index contributed by atoms with van der Waals surface area (Å²) in [5.74, 6) is 0.0247. The summed E-state index contributed by atoms with van der Waals surface area (Å²) in [6.07, 6.45) is 0.819. The Labute approximate surface area is 74.4 Å². The molecule has 1 saturated carbocycles. The van der Waals surface area contributed by atoms with E-state index in [0.717, 1.165) is 6.42 Å². The normalized spacial score (nSPS) is 30.3. The molecule has 0 heterocycles. The van der Waals surface area contributed by atoms with Crippen LogP contribution in [-0.4, -0.2) is 8.67 Å². The lowest BCUT2D eigenvalue weighted by Gasteiger charge is -1.93. The van der Waals surface area contributed by atoms with Crippen molar-refractivity contribution < 1.29 is 0 Å². The molecular formula is C5H6Cl4. The van der Waals surface area contributed by atoms with Gasteiger partial charge in [-0.25, -0.2) is 0 Å². The molecule has 1 rings (SSSR count). The van der Waals surface area contributed by atoms with Gasteiger partial charge in [-0.3, -0.25) is 0 Å². The Morgan fingerprint density at radius 3 is 1.44 bits per heavy atom. The van der Waals surface area contributed by atoms with Gasteiger partial charge in [0.05, 0.1) is 0 Å². The number of hydrogen-bond donors (Lipinski definition) is 0. The SMILES string of the molecule is CCC1C(Cl)(Cl)C1(Cl)Cl. The Balaban J connectivity index is 2.66. The van der Waals surface area contributed by atoms with Crippen molar-refractivity contribution in [2.24, 2.45) is 5.92 Å². The van der Waals surface area contributed by atoms with Gasteiger partial charge in [-0.15, -0.1) is 0 Å². The van der Waals surface area contributed by atoms with Crippen molar-refractivity contribution in [3.8, 4) is 0 Å². The molecule has 0 saturated heterocycles. The molecule has 0 atom stereocenters. The van der Waals surface area contributed by atoms with E-state index in [9.17, 15) is 0 Å². The summed E-state index contributed by atoms with van der Waals surface area (Å²) in [7, 11) is 0. The molecule has 0 amide bonds. The maximum Gasteiger partial charge on any atom is 0.157 e. The maximum atomic E-state index is 5.70. The first-order valence-electron chi connectivity index (χ1n) is 2.70. The van der Waals surface area contributed by atoms with Crippen LogP contribution in [0.2, 0.25) is 0 Å². The van der Waals surface area contributed by atoms with E-state index in [2.05, 4.69) is 0 Å². The van der Waals surface area contributed by atoms with Crippen LogP contribution in [0.5, 0.6) is 0 Å². The molecule has 4 heteroatoms. The highest BCUT2D eigenvalue weighted by Crippen LogP contribution is 2.70. The fourth-order valence-corrected chi connectivity index (χ4v) is 2.72. The third-order valence-electron chi connectivity index (χ3n) is 1.64. The van der Waals surface area contributed by atoms with Crippen LogP contribution in [0.3, 0.4) is 0 Å². The molecule has 0 aromatic heterocycles. The van der Waals surface area contributed by atoms with E-state index in [1.165, 1.54) is 0 Å². The molecule has 1 aliphatic carbocycles. The zero-order valence-corrected chi connectivity index (χ0v) is 7.82. The lowest BCUT2D eigenvalue weighted by Crippen LogP contribution is -1.96. The van der Waals surface area contributed by atoms with Crippen molar-refractivity contribution >= 4 is 46.4 Å². The first-order valence-corrected chi connectivity index (χ1v) is 4.21. The Morgan fingerprint density at radius 2 is 1.44 bits per heavy atom. The summed E-state index contributed by atoms with van der Waals surface area (Å²) in [5, 5.41) is 0. The van der Waals surface area contributed by atoms with Gasteiger partial charge in [-0.1, -0.05) is 53.3 Å². The molecule has 0 aromatic rings. The molecule has 9 heavy (non-hydrogen) atoms. The first-order chi connectivity index (χ1) is 3.94. The molecule has 0 bridgehead atoms. The molecule has 0 spiro atoms. The predicted octanol–water partition coefficient (Wildman–Crippen LogP) is 3.37. The van der Waals surface area contributed by atoms with Crippen LogP contribution < -0.4 is 0 Å². The van der Waals surface area contributed by atoms with E-state index < -0.39 is 8.67 Å².